The van der Waals surface area contributed by atoms with Crippen molar-refractivity contribution in [2.45, 2.75) is 37.5 Å². The number of hydrogen-bond donors (Lipinski definition) is 0. The number of hydrogen-bond acceptors (Lipinski definition) is 6. The zero-order valence-corrected chi connectivity index (χ0v) is 19.8. The first-order chi connectivity index (χ1) is 16.6. The molecule has 0 amide bonds. The van der Waals surface area contributed by atoms with E-state index in [1.807, 2.05) is 13.8 Å². The number of benzene rings is 2. The van der Waals surface area contributed by atoms with Gasteiger partial charge < -0.3 is 9.47 Å². The van der Waals surface area contributed by atoms with Gasteiger partial charge in [-0.3, -0.25) is 0 Å². The van der Waals surface area contributed by atoms with Crippen LogP contribution in [0.1, 0.15) is 57.6 Å². The van der Waals surface area contributed by atoms with Crippen LogP contribution in [0.15, 0.2) is 72.8 Å². The summed E-state index contributed by atoms with van der Waals surface area (Å²) in [6, 6.07) is 26.2. The molecule has 0 aliphatic heterocycles. The van der Waals surface area contributed by atoms with Crippen LogP contribution >= 0.6 is 0 Å². The second-order valence-corrected chi connectivity index (χ2v) is 8.77. The normalized spacial score (nSPS) is 21.5. The summed E-state index contributed by atoms with van der Waals surface area (Å²) in [6.07, 6.45) is 0. The SMILES string of the molecule is COc1nc(C)cc([C@H]2[C@H](c3ccccc3)[C@H](c3cc(C)nc(OC)n3)[C@H]2c2ccccc2)n1. The molecule has 1 aliphatic rings. The van der Waals surface area contributed by atoms with E-state index < -0.39 is 0 Å². The smallest absolute Gasteiger partial charge is 0.316 e. The van der Waals surface area contributed by atoms with Crippen LogP contribution in [0.25, 0.3) is 0 Å². The second kappa shape index (κ2) is 9.21. The molecule has 0 atom stereocenters. The van der Waals surface area contributed by atoms with Gasteiger partial charge >= 0.3 is 12.0 Å². The van der Waals surface area contributed by atoms with Crippen LogP contribution in [0.5, 0.6) is 12.0 Å². The van der Waals surface area contributed by atoms with E-state index in [0.717, 1.165) is 22.8 Å². The summed E-state index contributed by atoms with van der Waals surface area (Å²) in [6.45, 7) is 3.97. The van der Waals surface area contributed by atoms with Gasteiger partial charge in [-0.25, -0.2) is 9.97 Å². The monoisotopic (exact) mass is 452 g/mol. The molecule has 2 heterocycles. The average molecular weight is 453 g/mol. The van der Waals surface area contributed by atoms with Crippen molar-refractivity contribution < 1.29 is 9.47 Å². The number of methoxy groups -OCH3 is 2. The summed E-state index contributed by atoms with van der Waals surface area (Å²) >= 11 is 0. The Balaban J connectivity index is 1.72. The van der Waals surface area contributed by atoms with Crippen molar-refractivity contribution in [1.29, 1.82) is 0 Å². The number of aromatic nitrogens is 4. The predicted molar refractivity (Wildman–Crippen MR) is 130 cm³/mol. The lowest BCUT2D eigenvalue weighted by Crippen LogP contribution is -2.41. The van der Waals surface area contributed by atoms with Crippen molar-refractivity contribution in [1.82, 2.24) is 19.9 Å². The Labute approximate surface area is 200 Å². The number of ether oxygens (including phenoxy) is 2. The standard InChI is InChI=1S/C28H28N4O2/c1-17-15-21(31-27(29-17)33-3)25-23(19-11-7-5-8-12-19)26(24(25)20-13-9-6-10-14-20)22-16-18(2)30-28(32-22)34-4/h5-16,23-26H,1-4H3/t23-,24-,25-,26-. The summed E-state index contributed by atoms with van der Waals surface area (Å²) in [5.74, 6) is 0.604. The third-order valence-electron chi connectivity index (χ3n) is 6.67. The molecule has 4 aromatic rings. The van der Waals surface area contributed by atoms with Gasteiger partial charge in [-0.1, -0.05) is 60.7 Å². The molecular formula is C28H28N4O2. The Morgan fingerprint density at radius 3 is 1.26 bits per heavy atom. The highest BCUT2D eigenvalue weighted by molar-refractivity contribution is 5.46. The molecule has 0 radical (unpaired) electrons. The first-order valence-electron chi connectivity index (χ1n) is 11.5. The molecule has 2 aromatic heterocycles. The molecule has 5 rings (SSSR count). The van der Waals surface area contributed by atoms with Crippen LogP contribution in [-0.2, 0) is 0 Å². The second-order valence-electron chi connectivity index (χ2n) is 8.77. The highest BCUT2D eigenvalue weighted by Crippen LogP contribution is 2.66. The van der Waals surface area contributed by atoms with Crippen molar-refractivity contribution in [3.05, 3.63) is 107 Å². The van der Waals surface area contributed by atoms with Gasteiger partial charge in [-0.2, -0.15) is 9.97 Å². The van der Waals surface area contributed by atoms with E-state index in [9.17, 15) is 0 Å². The van der Waals surface area contributed by atoms with Crippen LogP contribution in [0, 0.1) is 13.8 Å². The fraction of sp³-hybridized carbons (Fsp3) is 0.286. The first kappa shape index (κ1) is 22.0. The minimum atomic E-state index is 0.131. The van der Waals surface area contributed by atoms with Gasteiger partial charge in [0.25, 0.3) is 0 Å². The van der Waals surface area contributed by atoms with E-state index in [4.69, 9.17) is 19.4 Å². The van der Waals surface area contributed by atoms with Gasteiger partial charge in [0.15, 0.2) is 0 Å². The lowest BCUT2D eigenvalue weighted by molar-refractivity contribution is 0.216. The number of rotatable bonds is 6. The van der Waals surface area contributed by atoms with Crippen LogP contribution in [-0.4, -0.2) is 34.2 Å². The molecule has 0 bridgehead atoms. The Kier molecular flexibility index (Phi) is 5.97. The molecule has 2 aromatic carbocycles. The van der Waals surface area contributed by atoms with Crippen molar-refractivity contribution in [2.75, 3.05) is 14.2 Å². The molecular weight excluding hydrogens is 424 g/mol. The molecule has 172 valence electrons. The maximum Gasteiger partial charge on any atom is 0.316 e. The molecule has 0 spiro atoms. The van der Waals surface area contributed by atoms with Crippen LogP contribution in [0.4, 0.5) is 0 Å². The maximum absolute atomic E-state index is 5.43. The molecule has 0 N–H and O–H groups in total. The Morgan fingerprint density at radius 2 is 0.912 bits per heavy atom. The van der Waals surface area contributed by atoms with Gasteiger partial charge in [0.1, 0.15) is 0 Å². The van der Waals surface area contributed by atoms with Crippen molar-refractivity contribution in [3.8, 4) is 12.0 Å². The highest BCUT2D eigenvalue weighted by atomic mass is 16.5. The third-order valence-corrected chi connectivity index (χ3v) is 6.67. The first-order valence-corrected chi connectivity index (χ1v) is 11.5. The zero-order chi connectivity index (χ0) is 23.7. The molecule has 1 fully saturated rings. The van der Waals surface area contributed by atoms with E-state index in [0.29, 0.717) is 12.0 Å². The van der Waals surface area contributed by atoms with Gasteiger partial charge in [0.05, 0.1) is 25.6 Å². The quantitative estimate of drug-likeness (QED) is 0.393. The fourth-order valence-electron chi connectivity index (χ4n) is 5.32. The highest BCUT2D eigenvalue weighted by Gasteiger charge is 2.54. The number of nitrogens with zero attached hydrogens (tertiary/aromatic N) is 4. The molecule has 0 saturated heterocycles. The molecule has 6 nitrogen and oxygen atoms in total. The largest absolute Gasteiger partial charge is 0.467 e. The lowest BCUT2D eigenvalue weighted by atomic mass is 9.50. The summed E-state index contributed by atoms with van der Waals surface area (Å²) in [5.41, 5.74) is 6.28. The van der Waals surface area contributed by atoms with E-state index in [-0.39, 0.29) is 23.7 Å². The predicted octanol–water partition coefficient (Wildman–Crippen LogP) is 5.35. The topological polar surface area (TPSA) is 70.0 Å². The van der Waals surface area contributed by atoms with Crippen molar-refractivity contribution >= 4 is 0 Å². The maximum atomic E-state index is 5.43. The van der Waals surface area contributed by atoms with E-state index in [1.165, 1.54) is 11.1 Å². The zero-order valence-electron chi connectivity index (χ0n) is 19.8. The minimum absolute atomic E-state index is 0.131. The van der Waals surface area contributed by atoms with Crippen LogP contribution < -0.4 is 9.47 Å². The Hall–Kier alpha value is -3.80. The number of aryl methyl sites for hydroxylation is 2. The van der Waals surface area contributed by atoms with Crippen molar-refractivity contribution in [2.24, 2.45) is 0 Å². The third kappa shape index (κ3) is 4.00. The molecule has 0 unspecified atom stereocenters. The van der Waals surface area contributed by atoms with E-state index >= 15 is 0 Å². The molecule has 1 saturated carbocycles. The lowest BCUT2D eigenvalue weighted by Gasteiger charge is -2.52. The van der Waals surface area contributed by atoms with Gasteiger partial charge in [-0.15, -0.1) is 0 Å². The minimum Gasteiger partial charge on any atom is -0.467 e. The Morgan fingerprint density at radius 1 is 0.529 bits per heavy atom. The van der Waals surface area contributed by atoms with E-state index in [1.54, 1.807) is 14.2 Å². The summed E-state index contributed by atoms with van der Waals surface area (Å²) in [4.78, 5) is 18.5. The molecule has 6 heteroatoms. The molecule has 1 aliphatic carbocycles. The van der Waals surface area contributed by atoms with E-state index in [2.05, 4.69) is 82.8 Å². The summed E-state index contributed by atoms with van der Waals surface area (Å²) in [7, 11) is 3.23. The summed E-state index contributed by atoms with van der Waals surface area (Å²) < 4.78 is 10.9. The molecule has 34 heavy (non-hydrogen) atoms. The van der Waals surface area contributed by atoms with Crippen LogP contribution in [0.2, 0.25) is 0 Å². The fourth-order valence-corrected chi connectivity index (χ4v) is 5.32. The van der Waals surface area contributed by atoms with Crippen LogP contribution in [0.3, 0.4) is 0 Å². The van der Waals surface area contributed by atoms with Gasteiger partial charge in [-0.05, 0) is 37.1 Å². The Bertz CT molecular complexity index is 1170. The van der Waals surface area contributed by atoms with Crippen molar-refractivity contribution in [3.63, 3.8) is 0 Å². The van der Waals surface area contributed by atoms with Gasteiger partial charge in [0, 0.05) is 35.1 Å². The summed E-state index contributed by atoms with van der Waals surface area (Å²) in [5, 5.41) is 0. The van der Waals surface area contributed by atoms with Gasteiger partial charge in [0.2, 0.25) is 0 Å². The average Bonchev–Trinajstić information content (AvgIpc) is 2.84.